The number of ketones is 1. The monoisotopic (exact) mass is 500 g/mol. The second-order valence-electron chi connectivity index (χ2n) is 9.43. The van der Waals surface area contributed by atoms with Gasteiger partial charge >= 0.3 is 0 Å². The van der Waals surface area contributed by atoms with E-state index in [0.29, 0.717) is 41.8 Å². The topological polar surface area (TPSA) is 89.0 Å². The maximum atomic E-state index is 13.3. The number of hydrogen-bond donors (Lipinski definition) is 1. The van der Waals surface area contributed by atoms with Gasteiger partial charge in [-0.3, -0.25) is 14.6 Å². The summed E-state index contributed by atoms with van der Waals surface area (Å²) >= 11 is 0. The second kappa shape index (κ2) is 11.7. The molecule has 1 aromatic heterocycles. The smallest absolute Gasteiger partial charge is 0.295 e. The number of nitrogens with zero attached hydrogens (tertiary/aromatic N) is 2. The summed E-state index contributed by atoms with van der Waals surface area (Å²) in [5.41, 5.74) is 1.98. The Kier molecular flexibility index (Phi) is 8.23. The molecule has 0 aliphatic carbocycles. The van der Waals surface area contributed by atoms with Crippen molar-refractivity contribution in [3.8, 4) is 11.5 Å². The number of carbonyl (C=O) groups is 2. The van der Waals surface area contributed by atoms with Gasteiger partial charge in [0.25, 0.3) is 11.7 Å². The van der Waals surface area contributed by atoms with Crippen LogP contribution in [0.3, 0.4) is 0 Å². The number of aliphatic hydroxyl groups is 1. The van der Waals surface area contributed by atoms with Crippen LogP contribution in [0.4, 0.5) is 0 Å². The first-order chi connectivity index (χ1) is 17.9. The van der Waals surface area contributed by atoms with Crippen molar-refractivity contribution < 1.29 is 24.2 Å². The zero-order chi connectivity index (χ0) is 26.4. The highest BCUT2D eigenvalue weighted by atomic mass is 16.5. The Labute approximate surface area is 217 Å². The average Bonchev–Trinajstić information content (AvgIpc) is 3.16. The maximum absolute atomic E-state index is 13.3. The van der Waals surface area contributed by atoms with Crippen LogP contribution < -0.4 is 9.47 Å². The molecule has 1 saturated heterocycles. The van der Waals surface area contributed by atoms with Crippen molar-refractivity contribution in [3.05, 3.63) is 95.3 Å². The second-order valence-corrected chi connectivity index (χ2v) is 9.43. The first-order valence-corrected chi connectivity index (χ1v) is 12.5. The fourth-order valence-corrected chi connectivity index (χ4v) is 4.20. The first-order valence-electron chi connectivity index (χ1n) is 12.5. The van der Waals surface area contributed by atoms with Gasteiger partial charge in [0.1, 0.15) is 17.3 Å². The highest BCUT2D eigenvalue weighted by Crippen LogP contribution is 2.41. The summed E-state index contributed by atoms with van der Waals surface area (Å²) in [5, 5.41) is 11.3. The van der Waals surface area contributed by atoms with Gasteiger partial charge in [0, 0.05) is 24.5 Å². The molecule has 2 aromatic carbocycles. The number of ether oxygens (including phenoxy) is 2. The minimum Gasteiger partial charge on any atom is -0.507 e. The Bertz CT molecular complexity index is 1270. The molecule has 1 aliphatic heterocycles. The molecular weight excluding hydrogens is 468 g/mol. The zero-order valence-electron chi connectivity index (χ0n) is 21.4. The Balaban J connectivity index is 1.77. The third-order valence-electron chi connectivity index (χ3n) is 6.00. The molecule has 3 aromatic rings. The minimum atomic E-state index is -0.785. The van der Waals surface area contributed by atoms with E-state index in [2.05, 4.69) is 18.8 Å². The molecule has 0 spiro atoms. The molecule has 0 saturated carbocycles. The Morgan fingerprint density at radius 1 is 1.00 bits per heavy atom. The summed E-state index contributed by atoms with van der Waals surface area (Å²) in [4.78, 5) is 32.1. The van der Waals surface area contributed by atoms with Crippen LogP contribution in [-0.4, -0.2) is 39.9 Å². The molecule has 0 radical (unpaired) electrons. The third-order valence-corrected chi connectivity index (χ3v) is 6.00. The highest BCUT2D eigenvalue weighted by Gasteiger charge is 2.46. The number of benzene rings is 2. The number of Topliss-reactive ketones (excluding diaryl/α,β-unsaturated/α-hetero) is 1. The van der Waals surface area contributed by atoms with E-state index >= 15 is 0 Å². The van der Waals surface area contributed by atoms with Crippen molar-refractivity contribution in [2.75, 3.05) is 13.2 Å². The highest BCUT2D eigenvalue weighted by molar-refractivity contribution is 6.46. The molecule has 7 nitrogen and oxygen atoms in total. The van der Waals surface area contributed by atoms with Crippen LogP contribution in [-0.2, 0) is 16.1 Å². The fraction of sp³-hybridized carbons (Fsp3) is 0.300. The summed E-state index contributed by atoms with van der Waals surface area (Å²) in [6, 6.07) is 17.0. The van der Waals surface area contributed by atoms with E-state index in [9.17, 15) is 14.7 Å². The molecule has 37 heavy (non-hydrogen) atoms. The fourth-order valence-electron chi connectivity index (χ4n) is 4.20. The Morgan fingerprint density at radius 2 is 1.73 bits per heavy atom. The number of rotatable bonds is 10. The molecule has 192 valence electrons. The third kappa shape index (κ3) is 6.00. The number of aromatic nitrogens is 1. The van der Waals surface area contributed by atoms with E-state index < -0.39 is 17.7 Å². The first kappa shape index (κ1) is 25.9. The predicted octanol–water partition coefficient (Wildman–Crippen LogP) is 5.53. The van der Waals surface area contributed by atoms with Crippen molar-refractivity contribution >= 4 is 17.4 Å². The van der Waals surface area contributed by atoms with Gasteiger partial charge in [-0.25, -0.2) is 0 Å². The van der Waals surface area contributed by atoms with Crippen molar-refractivity contribution in [2.45, 2.75) is 39.8 Å². The normalized spacial score (nSPS) is 16.9. The van der Waals surface area contributed by atoms with Crippen molar-refractivity contribution in [1.82, 2.24) is 9.88 Å². The van der Waals surface area contributed by atoms with E-state index in [1.807, 2.05) is 31.2 Å². The maximum Gasteiger partial charge on any atom is 0.295 e. The van der Waals surface area contributed by atoms with Gasteiger partial charge in [0.15, 0.2) is 0 Å². The van der Waals surface area contributed by atoms with Gasteiger partial charge in [-0.2, -0.15) is 0 Å². The van der Waals surface area contributed by atoms with Gasteiger partial charge in [0.2, 0.25) is 0 Å². The molecule has 1 aliphatic rings. The van der Waals surface area contributed by atoms with E-state index in [1.165, 1.54) is 4.90 Å². The van der Waals surface area contributed by atoms with E-state index in [4.69, 9.17) is 9.47 Å². The SMILES string of the molecule is CCCOc1ccc(/C(O)=C2/C(=O)C(=O)N(Cc3ccncc3)C2c2cccc(OCC(C)C)c2)cc1. The quantitative estimate of drug-likeness (QED) is 0.224. The molecule has 2 heterocycles. The zero-order valence-corrected chi connectivity index (χ0v) is 21.4. The van der Waals surface area contributed by atoms with Crippen LogP contribution in [0.2, 0.25) is 0 Å². The average molecular weight is 501 g/mol. The van der Waals surface area contributed by atoms with Crippen molar-refractivity contribution in [3.63, 3.8) is 0 Å². The van der Waals surface area contributed by atoms with Crippen LogP contribution in [0.25, 0.3) is 5.76 Å². The molecule has 4 rings (SSSR count). The molecule has 1 unspecified atom stereocenters. The number of carbonyl (C=O) groups excluding carboxylic acids is 2. The van der Waals surface area contributed by atoms with Gasteiger partial charge in [0.05, 0.1) is 24.8 Å². The van der Waals surface area contributed by atoms with E-state index in [1.54, 1.807) is 48.8 Å². The minimum absolute atomic E-state index is 0.0438. The number of pyridine rings is 1. The summed E-state index contributed by atoms with van der Waals surface area (Å²) in [6.07, 6.45) is 4.16. The summed E-state index contributed by atoms with van der Waals surface area (Å²) in [7, 11) is 0. The summed E-state index contributed by atoms with van der Waals surface area (Å²) in [6.45, 7) is 7.45. The molecule has 1 fully saturated rings. The van der Waals surface area contributed by atoms with E-state index in [0.717, 1.165) is 12.0 Å². The Morgan fingerprint density at radius 3 is 2.41 bits per heavy atom. The molecule has 7 heteroatoms. The molecule has 1 atom stereocenters. The summed E-state index contributed by atoms with van der Waals surface area (Å²) in [5.74, 6) is 0.0266. The van der Waals surface area contributed by atoms with Crippen molar-refractivity contribution in [1.29, 1.82) is 0 Å². The predicted molar refractivity (Wildman–Crippen MR) is 141 cm³/mol. The van der Waals surface area contributed by atoms with Crippen LogP contribution in [0, 0.1) is 5.92 Å². The lowest BCUT2D eigenvalue weighted by molar-refractivity contribution is -0.140. The van der Waals surface area contributed by atoms with Gasteiger partial charge < -0.3 is 19.5 Å². The van der Waals surface area contributed by atoms with Gasteiger partial charge in [-0.05, 0) is 72.0 Å². The van der Waals surface area contributed by atoms with Crippen LogP contribution in [0.15, 0.2) is 78.6 Å². The number of aliphatic hydroxyl groups excluding tert-OH is 1. The number of likely N-dealkylation sites (tertiary alicyclic amines) is 1. The number of hydrogen-bond acceptors (Lipinski definition) is 6. The van der Waals surface area contributed by atoms with Crippen LogP contribution in [0.1, 0.15) is 49.9 Å². The van der Waals surface area contributed by atoms with Crippen LogP contribution in [0.5, 0.6) is 11.5 Å². The summed E-state index contributed by atoms with van der Waals surface area (Å²) < 4.78 is 11.5. The lowest BCUT2D eigenvalue weighted by atomic mass is 9.95. The van der Waals surface area contributed by atoms with Crippen molar-refractivity contribution in [2.24, 2.45) is 5.92 Å². The van der Waals surface area contributed by atoms with Gasteiger partial charge in [-0.15, -0.1) is 0 Å². The van der Waals surface area contributed by atoms with E-state index in [-0.39, 0.29) is 17.9 Å². The lowest BCUT2D eigenvalue weighted by Gasteiger charge is -2.26. The molecular formula is C30H32N2O5. The molecule has 0 bridgehead atoms. The Hall–Kier alpha value is -4.13. The van der Waals surface area contributed by atoms with Gasteiger partial charge in [-0.1, -0.05) is 32.9 Å². The van der Waals surface area contributed by atoms with Crippen LogP contribution >= 0.6 is 0 Å². The largest absolute Gasteiger partial charge is 0.507 e. The standard InChI is InChI=1S/C30H32N2O5/c1-4-16-36-24-10-8-22(9-11-24)28(33)26-27(23-6-5-7-25(17-23)37-19-20(2)3)32(30(35)29(26)34)18-21-12-14-31-15-13-21/h5-15,17,20,27,33H,4,16,18-19H2,1-3H3/b28-26-. The molecule has 1 amide bonds. The number of amides is 1. The lowest BCUT2D eigenvalue weighted by Crippen LogP contribution is -2.29. The molecule has 1 N–H and O–H groups in total.